The van der Waals surface area contributed by atoms with Crippen molar-refractivity contribution in [2.75, 3.05) is 0 Å². The van der Waals surface area contributed by atoms with Crippen LogP contribution in [0.1, 0.15) is 18.4 Å². The van der Waals surface area contributed by atoms with E-state index in [1.54, 1.807) is 0 Å². The number of fused-ring (bicyclic) bond motifs is 2. The van der Waals surface area contributed by atoms with Gasteiger partial charge < -0.3 is 0 Å². The van der Waals surface area contributed by atoms with Gasteiger partial charge in [-0.25, -0.2) is 0 Å². The fourth-order valence-electron chi connectivity index (χ4n) is 5.63. The summed E-state index contributed by atoms with van der Waals surface area (Å²) in [5, 5.41) is 5.26. The number of benzene rings is 5. The van der Waals surface area contributed by atoms with E-state index in [0.717, 1.165) is 12.8 Å². The van der Waals surface area contributed by atoms with Gasteiger partial charge in [0.25, 0.3) is 0 Å². The summed E-state index contributed by atoms with van der Waals surface area (Å²) in [7, 11) is 0. The first-order chi connectivity index (χ1) is 18.4. The van der Waals surface area contributed by atoms with Gasteiger partial charge in [0.2, 0.25) is 0 Å². The highest BCUT2D eigenvalue weighted by Crippen LogP contribution is 2.44. The summed E-state index contributed by atoms with van der Waals surface area (Å²) in [5.41, 5.74) is 7.81. The Labute approximate surface area is 221 Å². The molecule has 0 atom stereocenters. The van der Waals surface area contributed by atoms with Gasteiger partial charge in [-0.1, -0.05) is 115 Å². The van der Waals surface area contributed by atoms with E-state index in [1.807, 2.05) is 11.3 Å². The molecule has 0 spiro atoms. The highest BCUT2D eigenvalue weighted by molar-refractivity contribution is 7.18. The Morgan fingerprint density at radius 3 is 1.68 bits per heavy atom. The molecule has 0 saturated heterocycles. The van der Waals surface area contributed by atoms with Crippen LogP contribution < -0.4 is 0 Å². The summed E-state index contributed by atoms with van der Waals surface area (Å²) < 4.78 is 0. The second-order valence-electron chi connectivity index (χ2n) is 9.59. The van der Waals surface area contributed by atoms with Crippen molar-refractivity contribution < 1.29 is 0 Å². The molecule has 176 valence electrons. The van der Waals surface area contributed by atoms with Gasteiger partial charge in [-0.15, -0.1) is 11.3 Å². The first-order valence-corrected chi connectivity index (χ1v) is 13.7. The van der Waals surface area contributed by atoms with Crippen molar-refractivity contribution in [3.05, 3.63) is 139 Å². The van der Waals surface area contributed by atoms with Gasteiger partial charge in [-0.3, -0.25) is 0 Å². The summed E-state index contributed by atoms with van der Waals surface area (Å²) in [6.45, 7) is 0. The smallest absolute Gasteiger partial charge is 0.0349 e. The van der Waals surface area contributed by atoms with Crippen molar-refractivity contribution in [1.82, 2.24) is 0 Å². The topological polar surface area (TPSA) is 0 Å². The van der Waals surface area contributed by atoms with Gasteiger partial charge in [-0.2, -0.15) is 0 Å². The van der Waals surface area contributed by atoms with E-state index >= 15 is 0 Å². The number of hydrogen-bond donors (Lipinski definition) is 0. The molecule has 5 aromatic carbocycles. The third-order valence-electron chi connectivity index (χ3n) is 7.32. The van der Waals surface area contributed by atoms with Crippen LogP contribution in [-0.4, -0.2) is 0 Å². The third kappa shape index (κ3) is 3.93. The molecule has 0 nitrogen and oxygen atoms in total. The molecule has 0 fully saturated rings. The van der Waals surface area contributed by atoms with Crippen molar-refractivity contribution >= 4 is 38.5 Å². The fraction of sp³-hybridized carbons (Fsp3) is 0.0556. The van der Waals surface area contributed by atoms with Crippen molar-refractivity contribution in [3.63, 3.8) is 0 Å². The Hall–Kier alpha value is -4.20. The van der Waals surface area contributed by atoms with Gasteiger partial charge in [-0.05, 0) is 86.0 Å². The van der Waals surface area contributed by atoms with Crippen LogP contribution in [0.4, 0.5) is 0 Å². The Morgan fingerprint density at radius 1 is 0.459 bits per heavy atom. The summed E-state index contributed by atoms with van der Waals surface area (Å²) in [6.07, 6.45) is 9.23. The lowest BCUT2D eigenvalue weighted by atomic mass is 9.84. The Kier molecular flexibility index (Phi) is 5.57. The summed E-state index contributed by atoms with van der Waals surface area (Å²) in [4.78, 5) is 2.60. The molecule has 37 heavy (non-hydrogen) atoms. The molecular formula is C36H26S. The molecule has 0 amide bonds. The minimum Gasteiger partial charge on any atom is -0.135 e. The Morgan fingerprint density at radius 2 is 1.03 bits per heavy atom. The van der Waals surface area contributed by atoms with Crippen molar-refractivity contribution in [1.29, 1.82) is 0 Å². The van der Waals surface area contributed by atoms with E-state index in [2.05, 4.69) is 133 Å². The van der Waals surface area contributed by atoms with Crippen LogP contribution in [0.2, 0.25) is 0 Å². The second kappa shape index (κ2) is 9.35. The van der Waals surface area contributed by atoms with E-state index < -0.39 is 0 Å². The van der Waals surface area contributed by atoms with Crippen molar-refractivity contribution in [3.8, 4) is 32.0 Å². The largest absolute Gasteiger partial charge is 0.135 e. The molecule has 0 N–H and O–H groups in total. The molecule has 1 heterocycles. The molecule has 0 radical (unpaired) electrons. The van der Waals surface area contributed by atoms with E-state index in [4.69, 9.17) is 0 Å². The highest BCUT2D eigenvalue weighted by atomic mass is 32.1. The summed E-state index contributed by atoms with van der Waals surface area (Å²) in [5.74, 6) is 0. The molecule has 1 aliphatic rings. The predicted molar refractivity (Wildman–Crippen MR) is 162 cm³/mol. The van der Waals surface area contributed by atoms with Crippen LogP contribution >= 0.6 is 11.3 Å². The minimum atomic E-state index is 1.10. The zero-order chi connectivity index (χ0) is 24.6. The Bertz CT molecular complexity index is 1760. The lowest BCUT2D eigenvalue weighted by Gasteiger charge is -2.19. The molecule has 1 heteroatoms. The first kappa shape index (κ1) is 22.0. The van der Waals surface area contributed by atoms with Gasteiger partial charge in [0.15, 0.2) is 0 Å². The van der Waals surface area contributed by atoms with Crippen LogP contribution in [0.3, 0.4) is 0 Å². The van der Waals surface area contributed by atoms with Gasteiger partial charge in [0, 0.05) is 9.75 Å². The molecule has 6 aromatic rings. The standard InChI is InChI=1S/C36H26S/c1-3-12-25(13-4-1)33-22-23-34(37-33)27-16-11-17-28(24-27)36-31-20-9-7-18-29(31)35(26-14-5-2-6-15-26)30-19-8-10-21-32(30)36/h1,3-5,7-24H,2,6H2. The monoisotopic (exact) mass is 490 g/mol. The second-order valence-corrected chi connectivity index (χ2v) is 10.7. The maximum Gasteiger partial charge on any atom is 0.0349 e. The maximum atomic E-state index is 2.40. The summed E-state index contributed by atoms with van der Waals surface area (Å²) >= 11 is 1.86. The third-order valence-corrected chi connectivity index (χ3v) is 8.50. The lowest BCUT2D eigenvalue weighted by Crippen LogP contribution is -1.94. The number of hydrogen-bond acceptors (Lipinski definition) is 1. The maximum absolute atomic E-state index is 2.40. The lowest BCUT2D eigenvalue weighted by molar-refractivity contribution is 1.04. The van der Waals surface area contributed by atoms with Gasteiger partial charge in [0.05, 0.1) is 0 Å². The van der Waals surface area contributed by atoms with E-state index in [9.17, 15) is 0 Å². The van der Waals surface area contributed by atoms with Crippen LogP contribution in [0.5, 0.6) is 0 Å². The highest BCUT2D eigenvalue weighted by Gasteiger charge is 2.17. The Balaban J connectivity index is 1.44. The van der Waals surface area contributed by atoms with E-state index in [1.165, 1.54) is 64.7 Å². The summed E-state index contributed by atoms with van der Waals surface area (Å²) in [6, 6.07) is 42.1. The van der Waals surface area contributed by atoms with Crippen molar-refractivity contribution in [2.45, 2.75) is 12.8 Å². The molecule has 1 aromatic heterocycles. The van der Waals surface area contributed by atoms with E-state index in [-0.39, 0.29) is 0 Å². The average Bonchev–Trinajstić information content (AvgIpc) is 3.47. The molecular weight excluding hydrogens is 464 g/mol. The number of thiophene rings is 1. The molecule has 0 unspecified atom stereocenters. The molecule has 0 saturated carbocycles. The molecule has 0 aliphatic heterocycles. The van der Waals surface area contributed by atoms with Crippen LogP contribution in [0, 0.1) is 0 Å². The fourth-order valence-corrected chi connectivity index (χ4v) is 6.64. The normalized spacial score (nSPS) is 13.2. The van der Waals surface area contributed by atoms with Gasteiger partial charge in [0.1, 0.15) is 0 Å². The average molecular weight is 491 g/mol. The molecule has 1 aliphatic carbocycles. The zero-order valence-corrected chi connectivity index (χ0v) is 21.3. The van der Waals surface area contributed by atoms with Crippen LogP contribution in [0.15, 0.2) is 133 Å². The predicted octanol–water partition coefficient (Wildman–Crippen LogP) is 10.8. The SMILES string of the molecule is C1=CC(c2c3ccccc3c(-c3cccc(-c4ccc(-c5ccccc5)s4)c3)c3ccccc23)=CCC1. The molecule has 7 rings (SSSR count). The minimum absolute atomic E-state index is 1.10. The van der Waals surface area contributed by atoms with Gasteiger partial charge >= 0.3 is 0 Å². The van der Waals surface area contributed by atoms with Crippen molar-refractivity contribution in [2.24, 2.45) is 0 Å². The zero-order valence-electron chi connectivity index (χ0n) is 20.5. The molecule has 0 bridgehead atoms. The number of allylic oxidation sites excluding steroid dienone is 4. The van der Waals surface area contributed by atoms with Crippen LogP contribution in [-0.2, 0) is 0 Å². The van der Waals surface area contributed by atoms with Crippen LogP contribution in [0.25, 0.3) is 59.1 Å². The number of rotatable bonds is 4. The first-order valence-electron chi connectivity index (χ1n) is 12.9. The quantitative estimate of drug-likeness (QED) is 0.216. The van der Waals surface area contributed by atoms with E-state index in [0.29, 0.717) is 0 Å².